The number of likely N-dealkylation sites (N-methyl/N-ethyl adjacent to an activating group) is 1. The Morgan fingerprint density at radius 1 is 1.09 bits per heavy atom. The summed E-state index contributed by atoms with van der Waals surface area (Å²) in [6.07, 6.45) is 2.52. The Morgan fingerprint density at radius 3 is 2.50 bits per heavy atom. The highest BCUT2D eigenvalue weighted by Crippen LogP contribution is 2.16. The number of rotatable bonds is 5. The average molecular weight is 311 g/mol. The van der Waals surface area contributed by atoms with Gasteiger partial charge in [0.1, 0.15) is 6.10 Å². The van der Waals surface area contributed by atoms with E-state index in [9.17, 15) is 9.59 Å². The third kappa shape index (κ3) is 4.43. The van der Waals surface area contributed by atoms with Gasteiger partial charge in [-0.25, -0.2) is 0 Å². The lowest BCUT2D eigenvalue weighted by Gasteiger charge is -2.25. The number of carbonyl (C=O) groups excluding carboxylic acids is 2. The minimum Gasteiger partial charge on any atom is -0.368 e. The van der Waals surface area contributed by atoms with Crippen molar-refractivity contribution in [1.82, 2.24) is 14.7 Å². The van der Waals surface area contributed by atoms with Crippen LogP contribution in [-0.2, 0) is 14.3 Å². The Balaban J connectivity index is 1.81. The lowest BCUT2D eigenvalue weighted by molar-refractivity contribution is -0.140. The van der Waals surface area contributed by atoms with Crippen LogP contribution in [0, 0.1) is 0 Å². The lowest BCUT2D eigenvalue weighted by Crippen LogP contribution is -2.43. The predicted octanol–water partition coefficient (Wildman–Crippen LogP) is 0.568. The first-order chi connectivity index (χ1) is 10.7. The van der Waals surface area contributed by atoms with E-state index in [1.165, 1.54) is 0 Å². The largest absolute Gasteiger partial charge is 0.368 e. The highest BCUT2D eigenvalue weighted by Gasteiger charge is 2.29. The Labute approximate surface area is 133 Å². The summed E-state index contributed by atoms with van der Waals surface area (Å²) in [5.41, 5.74) is 0. The molecule has 0 radical (unpaired) electrons. The van der Waals surface area contributed by atoms with Gasteiger partial charge in [-0.1, -0.05) is 0 Å². The normalized spacial score (nSPS) is 23.4. The molecule has 0 aliphatic carbocycles. The van der Waals surface area contributed by atoms with E-state index in [4.69, 9.17) is 4.74 Å². The Morgan fingerprint density at radius 2 is 1.86 bits per heavy atom. The molecule has 2 aliphatic heterocycles. The molecule has 0 saturated carbocycles. The minimum atomic E-state index is -0.233. The maximum atomic E-state index is 12.4. The molecule has 1 unspecified atom stereocenters. The topological polar surface area (TPSA) is 53.1 Å². The zero-order chi connectivity index (χ0) is 15.9. The van der Waals surface area contributed by atoms with E-state index in [1.54, 1.807) is 0 Å². The van der Waals surface area contributed by atoms with E-state index in [2.05, 4.69) is 4.90 Å². The summed E-state index contributed by atoms with van der Waals surface area (Å²) < 4.78 is 5.50. The summed E-state index contributed by atoms with van der Waals surface area (Å²) in [6.45, 7) is 9.81. The van der Waals surface area contributed by atoms with Crippen LogP contribution >= 0.6 is 0 Å². The summed E-state index contributed by atoms with van der Waals surface area (Å²) in [7, 11) is 0. The summed E-state index contributed by atoms with van der Waals surface area (Å²) in [5, 5.41) is 0. The van der Waals surface area contributed by atoms with Gasteiger partial charge in [0.05, 0.1) is 6.54 Å². The third-order valence-electron chi connectivity index (χ3n) is 4.58. The standard InChI is InChI=1S/C16H29N3O3/c1-3-18(4-2)15(20)13-17-8-6-9-19(11-10-17)16(21)14-7-5-12-22-14/h14H,3-13H2,1-2H3. The molecular formula is C16H29N3O3. The van der Waals surface area contributed by atoms with Crippen LogP contribution in [0.15, 0.2) is 0 Å². The van der Waals surface area contributed by atoms with Crippen molar-refractivity contribution in [2.24, 2.45) is 0 Å². The maximum Gasteiger partial charge on any atom is 0.251 e. The summed E-state index contributed by atoms with van der Waals surface area (Å²) in [4.78, 5) is 30.5. The van der Waals surface area contributed by atoms with Gasteiger partial charge in [-0.3, -0.25) is 14.5 Å². The van der Waals surface area contributed by atoms with Gasteiger partial charge in [0.25, 0.3) is 5.91 Å². The van der Waals surface area contributed by atoms with Crippen LogP contribution in [0.4, 0.5) is 0 Å². The van der Waals surface area contributed by atoms with Gasteiger partial charge < -0.3 is 14.5 Å². The van der Waals surface area contributed by atoms with Crippen molar-refractivity contribution in [2.75, 3.05) is 52.4 Å². The molecule has 2 heterocycles. The number of hydrogen-bond donors (Lipinski definition) is 0. The summed E-state index contributed by atoms with van der Waals surface area (Å²) in [6, 6.07) is 0. The van der Waals surface area contributed by atoms with Crippen LogP contribution in [0.2, 0.25) is 0 Å². The van der Waals surface area contributed by atoms with Gasteiger partial charge in [-0.2, -0.15) is 0 Å². The first kappa shape index (κ1) is 17.2. The number of hydrogen-bond acceptors (Lipinski definition) is 4. The van der Waals surface area contributed by atoms with Crippen LogP contribution in [0.1, 0.15) is 33.1 Å². The Hall–Kier alpha value is -1.14. The highest BCUT2D eigenvalue weighted by molar-refractivity contribution is 5.81. The Kier molecular flexibility index (Phi) is 6.64. The molecule has 0 aromatic heterocycles. The maximum absolute atomic E-state index is 12.4. The fourth-order valence-corrected chi connectivity index (χ4v) is 3.19. The highest BCUT2D eigenvalue weighted by atomic mass is 16.5. The van der Waals surface area contributed by atoms with Crippen LogP contribution in [-0.4, -0.2) is 85.0 Å². The molecule has 0 N–H and O–H groups in total. The number of nitrogens with zero attached hydrogens (tertiary/aromatic N) is 3. The summed E-state index contributed by atoms with van der Waals surface area (Å²) >= 11 is 0. The molecule has 126 valence electrons. The van der Waals surface area contributed by atoms with Crippen molar-refractivity contribution >= 4 is 11.8 Å². The molecule has 2 amide bonds. The predicted molar refractivity (Wildman–Crippen MR) is 84.5 cm³/mol. The number of carbonyl (C=O) groups is 2. The molecule has 2 aliphatic rings. The fraction of sp³-hybridized carbons (Fsp3) is 0.875. The zero-order valence-electron chi connectivity index (χ0n) is 13.9. The van der Waals surface area contributed by atoms with Crippen LogP contribution < -0.4 is 0 Å². The minimum absolute atomic E-state index is 0.134. The van der Waals surface area contributed by atoms with E-state index < -0.39 is 0 Å². The molecule has 0 bridgehead atoms. The molecule has 1 atom stereocenters. The third-order valence-corrected chi connectivity index (χ3v) is 4.58. The van der Waals surface area contributed by atoms with Crippen molar-refractivity contribution in [3.05, 3.63) is 0 Å². The van der Waals surface area contributed by atoms with Gasteiger partial charge in [-0.05, 0) is 33.1 Å². The van der Waals surface area contributed by atoms with Crippen LogP contribution in [0.5, 0.6) is 0 Å². The van der Waals surface area contributed by atoms with Crippen molar-refractivity contribution in [3.8, 4) is 0 Å². The van der Waals surface area contributed by atoms with E-state index in [1.807, 2.05) is 23.6 Å². The van der Waals surface area contributed by atoms with Crippen molar-refractivity contribution in [2.45, 2.75) is 39.2 Å². The van der Waals surface area contributed by atoms with E-state index in [-0.39, 0.29) is 17.9 Å². The average Bonchev–Trinajstić information content (AvgIpc) is 2.95. The van der Waals surface area contributed by atoms with Crippen molar-refractivity contribution in [1.29, 1.82) is 0 Å². The van der Waals surface area contributed by atoms with E-state index in [0.717, 1.165) is 52.0 Å². The van der Waals surface area contributed by atoms with Crippen LogP contribution in [0.25, 0.3) is 0 Å². The summed E-state index contributed by atoms with van der Waals surface area (Å²) in [5.74, 6) is 0.318. The first-order valence-electron chi connectivity index (χ1n) is 8.56. The molecule has 0 aromatic rings. The van der Waals surface area contributed by atoms with Gasteiger partial charge in [0.2, 0.25) is 5.91 Å². The second kappa shape index (κ2) is 8.48. The molecule has 6 heteroatoms. The van der Waals surface area contributed by atoms with Crippen molar-refractivity contribution < 1.29 is 14.3 Å². The number of amides is 2. The van der Waals surface area contributed by atoms with Crippen molar-refractivity contribution in [3.63, 3.8) is 0 Å². The van der Waals surface area contributed by atoms with E-state index >= 15 is 0 Å². The second-order valence-electron chi connectivity index (χ2n) is 6.02. The molecule has 6 nitrogen and oxygen atoms in total. The first-order valence-corrected chi connectivity index (χ1v) is 8.56. The smallest absolute Gasteiger partial charge is 0.251 e. The second-order valence-corrected chi connectivity index (χ2v) is 6.02. The molecule has 0 spiro atoms. The Bertz CT molecular complexity index is 379. The molecule has 2 fully saturated rings. The van der Waals surface area contributed by atoms with E-state index in [0.29, 0.717) is 19.7 Å². The van der Waals surface area contributed by atoms with Gasteiger partial charge in [-0.15, -0.1) is 0 Å². The monoisotopic (exact) mass is 311 g/mol. The zero-order valence-corrected chi connectivity index (χ0v) is 13.9. The van der Waals surface area contributed by atoms with Gasteiger partial charge in [0, 0.05) is 45.9 Å². The van der Waals surface area contributed by atoms with Gasteiger partial charge >= 0.3 is 0 Å². The van der Waals surface area contributed by atoms with Gasteiger partial charge in [0.15, 0.2) is 0 Å². The molecule has 2 saturated heterocycles. The molecule has 22 heavy (non-hydrogen) atoms. The quantitative estimate of drug-likeness (QED) is 0.745. The molecular weight excluding hydrogens is 282 g/mol. The number of ether oxygens (including phenoxy) is 1. The SMILES string of the molecule is CCN(CC)C(=O)CN1CCCN(C(=O)C2CCCO2)CC1. The molecule has 2 rings (SSSR count). The van der Waals surface area contributed by atoms with Crippen LogP contribution in [0.3, 0.4) is 0 Å². The molecule has 0 aromatic carbocycles. The fourth-order valence-electron chi connectivity index (χ4n) is 3.19. The lowest BCUT2D eigenvalue weighted by atomic mass is 10.2.